The van der Waals surface area contributed by atoms with Gasteiger partial charge in [0.1, 0.15) is 19.3 Å². The second kappa shape index (κ2) is 3.94. The van der Waals surface area contributed by atoms with E-state index in [0.29, 0.717) is 13.2 Å². The van der Waals surface area contributed by atoms with E-state index in [4.69, 9.17) is 9.47 Å². The molecule has 0 amide bonds. The minimum Gasteiger partial charge on any atom is -0.486 e. The molecule has 0 radical (unpaired) electrons. The van der Waals surface area contributed by atoms with Gasteiger partial charge < -0.3 is 9.47 Å². The first kappa shape index (κ1) is 10.4. The Labute approximate surface area is 100 Å². The highest BCUT2D eigenvalue weighted by Crippen LogP contribution is 2.38. The molecule has 0 fully saturated rings. The van der Waals surface area contributed by atoms with Crippen LogP contribution in [-0.4, -0.2) is 31.7 Å². The lowest BCUT2D eigenvalue weighted by molar-refractivity contribution is 0.170. The Balaban J connectivity index is 2.09. The van der Waals surface area contributed by atoms with Crippen molar-refractivity contribution < 1.29 is 9.47 Å². The van der Waals surface area contributed by atoms with E-state index in [9.17, 15) is 5.26 Å². The van der Waals surface area contributed by atoms with Gasteiger partial charge in [0.2, 0.25) is 0 Å². The first-order chi connectivity index (χ1) is 8.29. The topological polar surface area (TPSA) is 45.5 Å². The predicted molar refractivity (Wildman–Crippen MR) is 62.1 cm³/mol. The molecule has 0 aromatic heterocycles. The molecule has 4 nitrogen and oxygen atoms in total. The fourth-order valence-corrected chi connectivity index (χ4v) is 2.45. The summed E-state index contributed by atoms with van der Waals surface area (Å²) in [4.78, 5) is 2.07. The summed E-state index contributed by atoms with van der Waals surface area (Å²) in [5.41, 5.74) is 2.27. The summed E-state index contributed by atoms with van der Waals surface area (Å²) < 4.78 is 11.1. The number of likely N-dealkylation sites (N-methyl/N-ethyl adjacent to an activating group) is 1. The van der Waals surface area contributed by atoms with Crippen molar-refractivity contribution in [3.05, 3.63) is 23.3 Å². The first-order valence-corrected chi connectivity index (χ1v) is 5.82. The van der Waals surface area contributed by atoms with Crippen molar-refractivity contribution in [1.29, 1.82) is 5.26 Å². The van der Waals surface area contributed by atoms with Crippen LogP contribution in [0.15, 0.2) is 12.1 Å². The average molecular weight is 230 g/mol. The summed E-state index contributed by atoms with van der Waals surface area (Å²) in [5, 5.41) is 9.25. The Morgan fingerprint density at radius 1 is 1.29 bits per heavy atom. The average Bonchev–Trinajstić information content (AvgIpc) is 2.36. The quantitative estimate of drug-likeness (QED) is 0.677. The van der Waals surface area contributed by atoms with E-state index in [1.807, 2.05) is 19.2 Å². The largest absolute Gasteiger partial charge is 0.486 e. The highest BCUT2D eigenvalue weighted by molar-refractivity contribution is 5.51. The number of hydrogen-bond donors (Lipinski definition) is 0. The van der Waals surface area contributed by atoms with Crippen LogP contribution in [0.1, 0.15) is 17.2 Å². The third kappa shape index (κ3) is 1.63. The van der Waals surface area contributed by atoms with Gasteiger partial charge in [0.05, 0.1) is 6.07 Å². The molecule has 0 aliphatic carbocycles. The van der Waals surface area contributed by atoms with Gasteiger partial charge in [-0.1, -0.05) is 0 Å². The Morgan fingerprint density at radius 3 is 2.71 bits per heavy atom. The molecule has 3 rings (SSSR count). The van der Waals surface area contributed by atoms with Gasteiger partial charge in [-0.2, -0.15) is 5.26 Å². The van der Waals surface area contributed by atoms with E-state index >= 15 is 0 Å². The standard InChI is InChI=1S/C13H14N2O2/c1-15-3-2-9-6-12-13(17-5-4-16-12)7-10(9)11(15)8-14/h6-7,11H,2-5H2,1H3. The molecular weight excluding hydrogens is 216 g/mol. The molecule has 4 heteroatoms. The van der Waals surface area contributed by atoms with Gasteiger partial charge in [-0.25, -0.2) is 0 Å². The van der Waals surface area contributed by atoms with Crippen LogP contribution < -0.4 is 9.47 Å². The maximum absolute atomic E-state index is 9.25. The fourth-order valence-electron chi connectivity index (χ4n) is 2.45. The van der Waals surface area contributed by atoms with E-state index in [2.05, 4.69) is 11.0 Å². The van der Waals surface area contributed by atoms with Gasteiger partial charge >= 0.3 is 0 Å². The Kier molecular flexibility index (Phi) is 2.41. The Bertz CT molecular complexity index is 493. The molecule has 1 unspecified atom stereocenters. The van der Waals surface area contributed by atoms with Crippen LogP contribution >= 0.6 is 0 Å². The molecule has 2 aliphatic heterocycles. The van der Waals surface area contributed by atoms with E-state index in [-0.39, 0.29) is 6.04 Å². The normalized spacial score (nSPS) is 22.7. The van der Waals surface area contributed by atoms with Crippen molar-refractivity contribution in [2.24, 2.45) is 0 Å². The predicted octanol–water partition coefficient (Wildman–Crippen LogP) is 1.51. The van der Waals surface area contributed by atoms with Crippen molar-refractivity contribution in [1.82, 2.24) is 4.90 Å². The maximum atomic E-state index is 9.25. The number of fused-ring (bicyclic) bond motifs is 2. The highest BCUT2D eigenvalue weighted by atomic mass is 16.6. The molecule has 2 heterocycles. The Morgan fingerprint density at radius 2 is 2.00 bits per heavy atom. The van der Waals surface area contributed by atoms with Gasteiger partial charge in [0.15, 0.2) is 11.5 Å². The van der Waals surface area contributed by atoms with Crippen molar-refractivity contribution in [3.8, 4) is 17.6 Å². The van der Waals surface area contributed by atoms with Crippen LogP contribution in [0.4, 0.5) is 0 Å². The van der Waals surface area contributed by atoms with Crippen LogP contribution in [0.3, 0.4) is 0 Å². The summed E-state index contributed by atoms with van der Waals surface area (Å²) in [6.45, 7) is 2.09. The van der Waals surface area contributed by atoms with E-state index in [1.54, 1.807) is 0 Å². The molecule has 0 N–H and O–H groups in total. The summed E-state index contributed by atoms with van der Waals surface area (Å²) in [5.74, 6) is 1.58. The molecule has 2 aliphatic rings. The summed E-state index contributed by atoms with van der Waals surface area (Å²) in [6.07, 6.45) is 0.959. The third-order valence-electron chi connectivity index (χ3n) is 3.40. The number of nitriles is 1. The minimum absolute atomic E-state index is 0.172. The molecule has 1 atom stereocenters. The Hall–Kier alpha value is -1.73. The lowest BCUT2D eigenvalue weighted by Gasteiger charge is -2.31. The van der Waals surface area contributed by atoms with Crippen LogP contribution in [-0.2, 0) is 6.42 Å². The number of benzene rings is 1. The molecule has 0 saturated carbocycles. The summed E-state index contributed by atoms with van der Waals surface area (Å²) in [7, 11) is 1.98. The zero-order chi connectivity index (χ0) is 11.8. The van der Waals surface area contributed by atoms with Crippen molar-refractivity contribution in [2.45, 2.75) is 12.5 Å². The van der Waals surface area contributed by atoms with E-state index in [1.165, 1.54) is 5.56 Å². The number of nitrogens with zero attached hydrogens (tertiary/aromatic N) is 2. The zero-order valence-electron chi connectivity index (χ0n) is 9.77. The third-order valence-corrected chi connectivity index (χ3v) is 3.40. The smallest absolute Gasteiger partial charge is 0.161 e. The summed E-state index contributed by atoms with van der Waals surface area (Å²) >= 11 is 0. The van der Waals surface area contributed by atoms with Crippen molar-refractivity contribution in [2.75, 3.05) is 26.8 Å². The molecular formula is C13H14N2O2. The summed E-state index contributed by atoms with van der Waals surface area (Å²) in [6, 6.07) is 6.17. The molecule has 88 valence electrons. The monoisotopic (exact) mass is 230 g/mol. The van der Waals surface area contributed by atoms with Crippen LogP contribution in [0.2, 0.25) is 0 Å². The van der Waals surface area contributed by atoms with Gasteiger partial charge in [-0.15, -0.1) is 0 Å². The van der Waals surface area contributed by atoms with Crippen LogP contribution in [0.5, 0.6) is 11.5 Å². The lowest BCUT2D eigenvalue weighted by Crippen LogP contribution is -2.31. The highest BCUT2D eigenvalue weighted by Gasteiger charge is 2.27. The molecule has 1 aromatic carbocycles. The van der Waals surface area contributed by atoms with Crippen LogP contribution in [0.25, 0.3) is 0 Å². The van der Waals surface area contributed by atoms with Gasteiger partial charge in [-0.3, -0.25) is 4.90 Å². The SMILES string of the molecule is CN1CCc2cc3c(cc2C1C#N)OCCO3. The zero-order valence-corrected chi connectivity index (χ0v) is 9.77. The number of ether oxygens (including phenoxy) is 2. The first-order valence-electron chi connectivity index (χ1n) is 5.82. The van der Waals surface area contributed by atoms with Crippen LogP contribution in [0, 0.1) is 11.3 Å². The second-order valence-electron chi connectivity index (χ2n) is 4.46. The van der Waals surface area contributed by atoms with Gasteiger partial charge in [0, 0.05) is 6.54 Å². The van der Waals surface area contributed by atoms with E-state index < -0.39 is 0 Å². The van der Waals surface area contributed by atoms with Crippen molar-refractivity contribution >= 4 is 0 Å². The molecule has 0 spiro atoms. The number of rotatable bonds is 0. The van der Waals surface area contributed by atoms with Gasteiger partial charge in [-0.05, 0) is 36.7 Å². The molecule has 17 heavy (non-hydrogen) atoms. The molecule has 0 saturated heterocycles. The van der Waals surface area contributed by atoms with E-state index in [0.717, 1.165) is 30.0 Å². The fraction of sp³-hybridized carbons (Fsp3) is 0.462. The maximum Gasteiger partial charge on any atom is 0.161 e. The molecule has 1 aromatic rings. The van der Waals surface area contributed by atoms with Gasteiger partial charge in [0.25, 0.3) is 0 Å². The number of hydrogen-bond acceptors (Lipinski definition) is 4. The molecule has 0 bridgehead atoms. The lowest BCUT2D eigenvalue weighted by atomic mass is 9.93. The van der Waals surface area contributed by atoms with Crippen molar-refractivity contribution in [3.63, 3.8) is 0 Å². The second-order valence-corrected chi connectivity index (χ2v) is 4.46. The minimum atomic E-state index is -0.172.